The number of rotatable bonds is 52. The van der Waals surface area contributed by atoms with Gasteiger partial charge in [-0.05, 0) is 64.2 Å². The van der Waals surface area contributed by atoms with Gasteiger partial charge in [-0.2, -0.15) is 0 Å². The Labute approximate surface area is 398 Å². The average Bonchev–Trinajstić information content (AvgIpc) is 3.29. The Morgan fingerprint density at radius 3 is 1.22 bits per heavy atom. The summed E-state index contributed by atoms with van der Waals surface area (Å²) in [4.78, 5) is 24.5. The van der Waals surface area contributed by atoms with Gasteiger partial charge < -0.3 is 20.3 Å². The molecule has 1 amide bonds. The van der Waals surface area contributed by atoms with Gasteiger partial charge in [0.15, 0.2) is 0 Å². The van der Waals surface area contributed by atoms with E-state index in [0.717, 1.165) is 51.4 Å². The fraction of sp³-hybridized carbons (Fsp3) is 0.862. The van der Waals surface area contributed by atoms with Crippen molar-refractivity contribution in [1.29, 1.82) is 0 Å². The minimum absolute atomic E-state index is 0.000264. The van der Waals surface area contributed by atoms with Gasteiger partial charge in [-0.25, -0.2) is 0 Å². The lowest BCUT2D eigenvalue weighted by Crippen LogP contribution is -2.45. The predicted octanol–water partition coefficient (Wildman–Crippen LogP) is 17.2. The van der Waals surface area contributed by atoms with Crippen molar-refractivity contribution < 1.29 is 24.5 Å². The molecule has 0 heterocycles. The molecular weight excluding hydrogens is 791 g/mol. The van der Waals surface area contributed by atoms with Gasteiger partial charge >= 0.3 is 5.97 Å². The van der Waals surface area contributed by atoms with Crippen molar-refractivity contribution in [1.82, 2.24) is 5.32 Å². The molecule has 0 saturated heterocycles. The first-order chi connectivity index (χ1) is 31.5. The zero-order chi connectivity index (χ0) is 46.5. The summed E-state index contributed by atoms with van der Waals surface area (Å²) in [6.45, 7) is 4.86. The van der Waals surface area contributed by atoms with Crippen LogP contribution >= 0.6 is 0 Å². The number of aliphatic hydroxyl groups is 2. The number of nitrogens with one attached hydrogen (secondary N) is 1. The van der Waals surface area contributed by atoms with Crippen LogP contribution in [0, 0.1) is 0 Å². The van der Waals surface area contributed by atoms with Crippen LogP contribution in [-0.4, -0.2) is 47.4 Å². The van der Waals surface area contributed by atoms with Crippen molar-refractivity contribution in [3.8, 4) is 0 Å². The van der Waals surface area contributed by atoms with Crippen LogP contribution in [-0.2, 0) is 14.3 Å². The van der Waals surface area contributed by atoms with E-state index < -0.39 is 12.1 Å². The van der Waals surface area contributed by atoms with Gasteiger partial charge in [-0.15, -0.1) is 0 Å². The van der Waals surface area contributed by atoms with Crippen molar-refractivity contribution >= 4 is 11.9 Å². The number of carbonyl (C=O) groups is 2. The standard InChI is InChI=1S/C58H109NO5/c1-3-5-7-9-11-13-15-16-17-18-19-22-25-28-32-36-40-44-48-52-58(63)64-53-49-45-41-37-33-29-26-23-20-21-24-27-31-35-39-43-47-51-57(62)59-55(54-60)56(61)50-46-42-38-34-30-14-12-10-8-6-4-2/h11,13,16-17,46,50,55-56,60-61H,3-10,12,14-15,18-45,47-49,51-54H2,1-2H3,(H,59,62)/b13-11-,17-16-,50-46+. The Balaban J connectivity index is 3.41. The van der Waals surface area contributed by atoms with Crippen LogP contribution in [0.25, 0.3) is 0 Å². The van der Waals surface area contributed by atoms with E-state index in [-0.39, 0.29) is 18.5 Å². The van der Waals surface area contributed by atoms with Gasteiger partial charge in [0.05, 0.1) is 25.4 Å². The van der Waals surface area contributed by atoms with Crippen molar-refractivity contribution in [2.24, 2.45) is 0 Å². The molecule has 0 aliphatic rings. The molecule has 0 aliphatic carbocycles. The predicted molar refractivity (Wildman–Crippen MR) is 278 cm³/mol. The number of allylic oxidation sites excluding steroid dienone is 5. The number of ether oxygens (including phenoxy) is 1. The maximum absolute atomic E-state index is 12.4. The quantitative estimate of drug-likeness (QED) is 0.0321. The summed E-state index contributed by atoms with van der Waals surface area (Å²) in [6.07, 6.45) is 65.9. The third-order valence-electron chi connectivity index (χ3n) is 12.9. The second-order valence-corrected chi connectivity index (χ2v) is 19.3. The van der Waals surface area contributed by atoms with Crippen LogP contribution in [0.2, 0.25) is 0 Å². The van der Waals surface area contributed by atoms with E-state index in [2.05, 4.69) is 43.5 Å². The van der Waals surface area contributed by atoms with E-state index in [9.17, 15) is 19.8 Å². The van der Waals surface area contributed by atoms with Gasteiger partial charge in [0.2, 0.25) is 5.91 Å². The Hall–Kier alpha value is -1.92. The zero-order valence-electron chi connectivity index (χ0n) is 42.8. The number of amides is 1. The fourth-order valence-corrected chi connectivity index (χ4v) is 8.55. The molecule has 64 heavy (non-hydrogen) atoms. The molecule has 0 aromatic heterocycles. The zero-order valence-corrected chi connectivity index (χ0v) is 42.8. The van der Waals surface area contributed by atoms with Crippen molar-refractivity contribution in [2.45, 2.75) is 309 Å². The SMILES string of the molecule is CCCCC/C=C\C/C=C\CCCCCCCCCCCC(=O)OCCCCCCCCCCCCCCCCCCCC(=O)NC(CO)C(O)/C=C/CCCCCCCCCCC. The van der Waals surface area contributed by atoms with Gasteiger partial charge in [-0.1, -0.05) is 256 Å². The molecule has 0 bridgehead atoms. The van der Waals surface area contributed by atoms with E-state index in [4.69, 9.17) is 4.74 Å². The summed E-state index contributed by atoms with van der Waals surface area (Å²) in [7, 11) is 0. The van der Waals surface area contributed by atoms with Crippen LogP contribution in [0.15, 0.2) is 36.5 Å². The van der Waals surface area contributed by atoms with Gasteiger partial charge in [0, 0.05) is 12.8 Å². The molecule has 6 nitrogen and oxygen atoms in total. The molecule has 376 valence electrons. The molecule has 0 spiro atoms. The summed E-state index contributed by atoms with van der Waals surface area (Å²) >= 11 is 0. The molecule has 2 atom stereocenters. The Kier molecular flexibility index (Phi) is 52.1. The minimum atomic E-state index is -0.847. The lowest BCUT2D eigenvalue weighted by Gasteiger charge is -2.20. The molecule has 2 unspecified atom stereocenters. The third kappa shape index (κ3) is 49.5. The van der Waals surface area contributed by atoms with Crippen molar-refractivity contribution in [3.05, 3.63) is 36.5 Å². The lowest BCUT2D eigenvalue weighted by molar-refractivity contribution is -0.143. The molecule has 3 N–H and O–H groups in total. The Bertz CT molecular complexity index is 1040. The second-order valence-electron chi connectivity index (χ2n) is 19.3. The van der Waals surface area contributed by atoms with Crippen LogP contribution < -0.4 is 5.32 Å². The molecule has 6 heteroatoms. The molecule has 0 rings (SSSR count). The smallest absolute Gasteiger partial charge is 0.305 e. The summed E-state index contributed by atoms with van der Waals surface area (Å²) in [5.74, 6) is -0.0745. The van der Waals surface area contributed by atoms with E-state index in [0.29, 0.717) is 19.4 Å². The molecule has 0 saturated carbocycles. The van der Waals surface area contributed by atoms with Crippen LogP contribution in [0.5, 0.6) is 0 Å². The second kappa shape index (κ2) is 53.7. The van der Waals surface area contributed by atoms with Crippen LogP contribution in [0.3, 0.4) is 0 Å². The van der Waals surface area contributed by atoms with E-state index >= 15 is 0 Å². The van der Waals surface area contributed by atoms with E-state index in [1.165, 1.54) is 218 Å². The number of esters is 1. The average molecular weight is 901 g/mol. The maximum atomic E-state index is 12.4. The number of carbonyl (C=O) groups excluding carboxylic acids is 2. The molecule has 0 aromatic rings. The number of hydrogen-bond donors (Lipinski definition) is 3. The molecular formula is C58H109NO5. The first-order valence-electron chi connectivity index (χ1n) is 28.3. The number of aliphatic hydroxyl groups excluding tert-OH is 2. The largest absolute Gasteiger partial charge is 0.466 e. The highest BCUT2D eigenvalue weighted by Crippen LogP contribution is 2.16. The first-order valence-corrected chi connectivity index (χ1v) is 28.3. The van der Waals surface area contributed by atoms with Crippen molar-refractivity contribution in [2.75, 3.05) is 13.2 Å². The molecule has 0 radical (unpaired) electrons. The monoisotopic (exact) mass is 900 g/mol. The normalized spacial score (nSPS) is 12.9. The lowest BCUT2D eigenvalue weighted by atomic mass is 10.0. The topological polar surface area (TPSA) is 95.9 Å². The highest BCUT2D eigenvalue weighted by atomic mass is 16.5. The van der Waals surface area contributed by atoms with Gasteiger partial charge in [-0.3, -0.25) is 9.59 Å². The highest BCUT2D eigenvalue weighted by molar-refractivity contribution is 5.76. The van der Waals surface area contributed by atoms with Gasteiger partial charge in [0.25, 0.3) is 0 Å². The van der Waals surface area contributed by atoms with Gasteiger partial charge in [0.1, 0.15) is 0 Å². The Morgan fingerprint density at radius 1 is 0.438 bits per heavy atom. The van der Waals surface area contributed by atoms with E-state index in [1.54, 1.807) is 6.08 Å². The molecule has 0 aliphatic heterocycles. The minimum Gasteiger partial charge on any atom is -0.466 e. The highest BCUT2D eigenvalue weighted by Gasteiger charge is 2.18. The number of unbranched alkanes of at least 4 members (excludes halogenated alkanes) is 37. The number of hydrogen-bond acceptors (Lipinski definition) is 5. The molecule has 0 fully saturated rings. The van der Waals surface area contributed by atoms with E-state index in [1.807, 2.05) is 6.08 Å². The maximum Gasteiger partial charge on any atom is 0.305 e. The molecule has 0 aromatic carbocycles. The summed E-state index contributed by atoms with van der Waals surface area (Å²) < 4.78 is 5.49. The Morgan fingerprint density at radius 2 is 0.781 bits per heavy atom. The van der Waals surface area contributed by atoms with Crippen molar-refractivity contribution in [3.63, 3.8) is 0 Å². The summed E-state index contributed by atoms with van der Waals surface area (Å²) in [6, 6.07) is -0.631. The van der Waals surface area contributed by atoms with Crippen LogP contribution in [0.1, 0.15) is 296 Å². The summed E-state index contributed by atoms with van der Waals surface area (Å²) in [5.41, 5.74) is 0. The third-order valence-corrected chi connectivity index (χ3v) is 12.9. The first kappa shape index (κ1) is 62.1. The summed E-state index contributed by atoms with van der Waals surface area (Å²) in [5, 5.41) is 23.0. The van der Waals surface area contributed by atoms with Crippen LogP contribution in [0.4, 0.5) is 0 Å². The fourth-order valence-electron chi connectivity index (χ4n) is 8.55.